The third-order valence-electron chi connectivity index (χ3n) is 10.3. The molecule has 3 aromatic heterocycles. The summed E-state index contributed by atoms with van der Waals surface area (Å²) in [7, 11) is 0. The number of hydrogen-bond donors (Lipinski definition) is 0. The van der Waals surface area contributed by atoms with E-state index in [-0.39, 0.29) is 0 Å². The first-order valence-electron chi connectivity index (χ1n) is 17.5. The van der Waals surface area contributed by atoms with E-state index >= 15 is 0 Å². The van der Waals surface area contributed by atoms with E-state index in [0.29, 0.717) is 17.6 Å². The SMILES string of the molecule is c1ccc(-c2nc(-c3ccccc3)nc(-n3c4ccc(-n5c6ccccc6c6ccc7ccccc7c65)cc4c4cc5ccccc5cc43)n2)cc1. The van der Waals surface area contributed by atoms with Crippen LogP contribution in [-0.2, 0) is 0 Å². The summed E-state index contributed by atoms with van der Waals surface area (Å²) in [6, 6.07) is 62.2. The monoisotopic (exact) mass is 663 g/mol. The number of aromatic nitrogens is 5. The average molecular weight is 664 g/mol. The number of nitrogens with zero attached hydrogens (tertiary/aromatic N) is 5. The largest absolute Gasteiger partial charge is 0.309 e. The molecule has 5 nitrogen and oxygen atoms in total. The van der Waals surface area contributed by atoms with Crippen LogP contribution in [0.15, 0.2) is 176 Å². The van der Waals surface area contributed by atoms with Crippen LogP contribution in [0.4, 0.5) is 0 Å². The van der Waals surface area contributed by atoms with Crippen LogP contribution in [0.5, 0.6) is 0 Å². The first-order chi connectivity index (χ1) is 25.8. The van der Waals surface area contributed by atoms with Gasteiger partial charge in [0.1, 0.15) is 0 Å². The summed E-state index contributed by atoms with van der Waals surface area (Å²) in [4.78, 5) is 15.3. The van der Waals surface area contributed by atoms with Gasteiger partial charge in [-0.1, -0.05) is 140 Å². The topological polar surface area (TPSA) is 48.5 Å². The molecule has 0 unspecified atom stereocenters. The van der Waals surface area contributed by atoms with Crippen molar-refractivity contribution >= 4 is 65.2 Å². The Morgan fingerprint density at radius 1 is 0.327 bits per heavy atom. The normalized spacial score (nSPS) is 11.8. The Kier molecular flexibility index (Phi) is 6.18. The van der Waals surface area contributed by atoms with E-state index in [1.54, 1.807) is 0 Å². The van der Waals surface area contributed by atoms with Crippen LogP contribution in [0.25, 0.3) is 99.6 Å². The molecule has 0 aliphatic heterocycles. The number of para-hydroxylation sites is 1. The minimum absolute atomic E-state index is 0.582. The van der Waals surface area contributed by atoms with Crippen LogP contribution in [0.3, 0.4) is 0 Å². The molecule has 0 radical (unpaired) electrons. The Labute approximate surface area is 298 Å². The highest BCUT2D eigenvalue weighted by atomic mass is 15.2. The Bertz CT molecular complexity index is 3120. The summed E-state index contributed by atoms with van der Waals surface area (Å²) in [5, 5.41) is 9.56. The van der Waals surface area contributed by atoms with E-state index in [1.165, 1.54) is 38.0 Å². The predicted octanol–water partition coefficient (Wildman–Crippen LogP) is 11.7. The lowest BCUT2D eigenvalue weighted by atomic mass is 10.1. The summed E-state index contributed by atoms with van der Waals surface area (Å²) < 4.78 is 4.64. The second-order valence-corrected chi connectivity index (χ2v) is 13.3. The lowest BCUT2D eigenvalue weighted by Gasteiger charge is -2.12. The molecule has 8 aromatic carbocycles. The van der Waals surface area contributed by atoms with Crippen molar-refractivity contribution in [2.45, 2.75) is 0 Å². The molecule has 5 heteroatoms. The van der Waals surface area contributed by atoms with Gasteiger partial charge in [0.2, 0.25) is 5.95 Å². The lowest BCUT2D eigenvalue weighted by molar-refractivity contribution is 0.953. The zero-order valence-electron chi connectivity index (χ0n) is 28.0. The third-order valence-corrected chi connectivity index (χ3v) is 10.3. The molecule has 0 saturated heterocycles. The fraction of sp³-hybridized carbons (Fsp3) is 0. The third kappa shape index (κ3) is 4.33. The molecule has 0 spiro atoms. The van der Waals surface area contributed by atoms with Crippen LogP contribution < -0.4 is 0 Å². The van der Waals surface area contributed by atoms with Crippen LogP contribution in [0.1, 0.15) is 0 Å². The van der Waals surface area contributed by atoms with Crippen molar-refractivity contribution in [2.24, 2.45) is 0 Å². The van der Waals surface area contributed by atoms with Crippen molar-refractivity contribution in [3.05, 3.63) is 176 Å². The summed E-state index contributed by atoms with van der Waals surface area (Å²) in [6.45, 7) is 0. The highest BCUT2D eigenvalue weighted by Crippen LogP contribution is 2.40. The summed E-state index contributed by atoms with van der Waals surface area (Å²) in [5.41, 5.74) is 7.45. The minimum atomic E-state index is 0.582. The number of hydrogen-bond acceptors (Lipinski definition) is 3. The number of benzene rings is 8. The second kappa shape index (κ2) is 11.2. The van der Waals surface area contributed by atoms with Gasteiger partial charge in [0.05, 0.1) is 22.1 Å². The second-order valence-electron chi connectivity index (χ2n) is 13.3. The number of fused-ring (bicyclic) bond motifs is 9. The smallest absolute Gasteiger partial charge is 0.238 e. The minimum Gasteiger partial charge on any atom is -0.309 e. The van der Waals surface area contributed by atoms with E-state index in [4.69, 9.17) is 15.0 Å². The van der Waals surface area contributed by atoms with Gasteiger partial charge in [0.25, 0.3) is 0 Å². The Morgan fingerprint density at radius 3 is 1.63 bits per heavy atom. The summed E-state index contributed by atoms with van der Waals surface area (Å²) >= 11 is 0. The van der Waals surface area contributed by atoms with Gasteiger partial charge in [-0.3, -0.25) is 4.57 Å². The molecule has 11 rings (SSSR count). The van der Waals surface area contributed by atoms with Gasteiger partial charge in [-0.25, -0.2) is 4.98 Å². The van der Waals surface area contributed by atoms with Crippen molar-refractivity contribution < 1.29 is 0 Å². The highest BCUT2D eigenvalue weighted by Gasteiger charge is 2.21. The molecule has 0 bridgehead atoms. The van der Waals surface area contributed by atoms with Gasteiger partial charge in [-0.05, 0) is 52.6 Å². The first-order valence-corrected chi connectivity index (χ1v) is 17.5. The fourth-order valence-electron chi connectivity index (χ4n) is 7.94. The van der Waals surface area contributed by atoms with E-state index in [9.17, 15) is 0 Å². The molecule has 11 aromatic rings. The maximum atomic E-state index is 5.18. The Balaban J connectivity index is 1.24. The quantitative estimate of drug-likeness (QED) is 0.188. The van der Waals surface area contributed by atoms with Gasteiger partial charge in [-0.2, -0.15) is 9.97 Å². The standard InChI is InChI=1S/C47H29N5/c1-3-14-31(15-4-1)45-48-46(32-16-5-2-6-17-32)50-47(49-45)52-42-26-24-35(29-40(42)39-27-33-18-7-8-19-34(33)28-43(39)52)51-41-22-12-11-21-37(41)38-25-23-30-13-9-10-20-36(30)44(38)51/h1-29H. The van der Waals surface area contributed by atoms with E-state index < -0.39 is 0 Å². The number of rotatable bonds is 4. The zero-order valence-corrected chi connectivity index (χ0v) is 28.0. The van der Waals surface area contributed by atoms with Crippen molar-refractivity contribution in [2.75, 3.05) is 0 Å². The maximum Gasteiger partial charge on any atom is 0.238 e. The molecule has 0 fully saturated rings. The van der Waals surface area contributed by atoms with E-state index in [2.05, 4.69) is 149 Å². The van der Waals surface area contributed by atoms with Gasteiger partial charge < -0.3 is 4.57 Å². The molecule has 0 saturated carbocycles. The Morgan fingerprint density at radius 2 is 0.904 bits per heavy atom. The van der Waals surface area contributed by atoms with E-state index in [0.717, 1.165) is 44.0 Å². The van der Waals surface area contributed by atoms with Crippen LogP contribution in [0, 0.1) is 0 Å². The van der Waals surface area contributed by atoms with E-state index in [1.807, 2.05) is 36.4 Å². The van der Waals surface area contributed by atoms with Gasteiger partial charge >= 0.3 is 0 Å². The maximum absolute atomic E-state index is 5.18. The van der Waals surface area contributed by atoms with Crippen LogP contribution >= 0.6 is 0 Å². The van der Waals surface area contributed by atoms with Gasteiger partial charge in [0.15, 0.2) is 11.6 Å². The Hall–Kier alpha value is -7.11. The van der Waals surface area contributed by atoms with Gasteiger partial charge in [-0.15, -0.1) is 0 Å². The van der Waals surface area contributed by atoms with Crippen molar-refractivity contribution in [3.63, 3.8) is 0 Å². The molecule has 0 atom stereocenters. The first kappa shape index (κ1) is 28.7. The highest BCUT2D eigenvalue weighted by molar-refractivity contribution is 6.19. The molecule has 242 valence electrons. The van der Waals surface area contributed by atoms with Crippen molar-refractivity contribution in [3.8, 4) is 34.4 Å². The van der Waals surface area contributed by atoms with Crippen LogP contribution in [-0.4, -0.2) is 24.1 Å². The molecule has 0 N–H and O–H groups in total. The van der Waals surface area contributed by atoms with Crippen molar-refractivity contribution in [1.29, 1.82) is 0 Å². The summed E-state index contributed by atoms with van der Waals surface area (Å²) in [5.74, 6) is 1.85. The lowest BCUT2D eigenvalue weighted by Crippen LogP contribution is -2.06. The molecular weight excluding hydrogens is 635 g/mol. The van der Waals surface area contributed by atoms with Gasteiger partial charge in [0, 0.05) is 43.7 Å². The summed E-state index contributed by atoms with van der Waals surface area (Å²) in [6.07, 6.45) is 0. The van der Waals surface area contributed by atoms with Crippen LogP contribution in [0.2, 0.25) is 0 Å². The predicted molar refractivity (Wildman–Crippen MR) is 214 cm³/mol. The zero-order chi connectivity index (χ0) is 34.2. The molecule has 0 aliphatic carbocycles. The molecular formula is C47H29N5. The molecule has 0 amide bonds. The molecule has 0 aliphatic rings. The van der Waals surface area contributed by atoms with Crippen molar-refractivity contribution in [1.82, 2.24) is 24.1 Å². The fourth-order valence-corrected chi connectivity index (χ4v) is 7.94. The molecule has 52 heavy (non-hydrogen) atoms. The molecule has 3 heterocycles. The average Bonchev–Trinajstić information content (AvgIpc) is 3.72.